The SMILES string of the molecule is CC(O)(C(=O)c1ccc(O)c(O)c1)c1ccccc1Cl. The van der Waals surface area contributed by atoms with Crippen molar-refractivity contribution in [3.63, 3.8) is 0 Å². The maximum Gasteiger partial charge on any atom is 0.198 e. The Balaban J connectivity index is 2.46. The first kappa shape index (κ1) is 14.4. The van der Waals surface area contributed by atoms with Crippen molar-refractivity contribution >= 4 is 17.4 Å². The standard InChI is InChI=1S/C15H13ClO4/c1-15(20,10-4-2-3-5-11(10)16)14(19)9-6-7-12(17)13(18)8-9/h2-8,17-18,20H,1H3. The first-order chi connectivity index (χ1) is 9.34. The van der Waals surface area contributed by atoms with Crippen LogP contribution >= 0.6 is 11.6 Å². The van der Waals surface area contributed by atoms with Gasteiger partial charge in [-0.15, -0.1) is 0 Å². The topological polar surface area (TPSA) is 77.8 Å². The van der Waals surface area contributed by atoms with Crippen molar-refractivity contribution < 1.29 is 20.1 Å². The molecule has 5 heteroatoms. The maximum absolute atomic E-state index is 12.4. The van der Waals surface area contributed by atoms with Crippen LogP contribution in [0.2, 0.25) is 5.02 Å². The smallest absolute Gasteiger partial charge is 0.198 e. The van der Waals surface area contributed by atoms with Crippen molar-refractivity contribution in [3.05, 3.63) is 58.6 Å². The fourth-order valence-electron chi connectivity index (χ4n) is 1.92. The van der Waals surface area contributed by atoms with E-state index in [1.165, 1.54) is 19.1 Å². The van der Waals surface area contributed by atoms with Crippen molar-refractivity contribution in [2.45, 2.75) is 12.5 Å². The van der Waals surface area contributed by atoms with E-state index in [0.717, 1.165) is 6.07 Å². The zero-order chi connectivity index (χ0) is 14.9. The van der Waals surface area contributed by atoms with Gasteiger partial charge in [0.1, 0.15) is 0 Å². The molecule has 4 nitrogen and oxygen atoms in total. The fourth-order valence-corrected chi connectivity index (χ4v) is 2.24. The van der Waals surface area contributed by atoms with Crippen molar-refractivity contribution in [2.75, 3.05) is 0 Å². The quantitative estimate of drug-likeness (QED) is 0.600. The average molecular weight is 293 g/mol. The number of benzene rings is 2. The van der Waals surface area contributed by atoms with Crippen molar-refractivity contribution in [2.24, 2.45) is 0 Å². The summed E-state index contributed by atoms with van der Waals surface area (Å²) in [7, 11) is 0. The van der Waals surface area contributed by atoms with E-state index in [2.05, 4.69) is 0 Å². The molecule has 0 aliphatic heterocycles. The highest BCUT2D eigenvalue weighted by Crippen LogP contribution is 2.33. The number of phenolic OH excluding ortho intramolecular Hbond substituents is 2. The summed E-state index contributed by atoms with van der Waals surface area (Å²) in [5.74, 6) is -1.38. The van der Waals surface area contributed by atoms with Crippen LogP contribution in [-0.2, 0) is 5.60 Å². The molecule has 2 rings (SSSR count). The normalized spacial score (nSPS) is 13.8. The minimum absolute atomic E-state index is 0.0743. The highest BCUT2D eigenvalue weighted by atomic mass is 35.5. The van der Waals surface area contributed by atoms with Gasteiger partial charge in [0, 0.05) is 16.1 Å². The van der Waals surface area contributed by atoms with Gasteiger partial charge in [-0.1, -0.05) is 29.8 Å². The van der Waals surface area contributed by atoms with Crippen LogP contribution in [0.3, 0.4) is 0 Å². The molecule has 0 saturated heterocycles. The molecule has 2 aromatic carbocycles. The third-order valence-electron chi connectivity index (χ3n) is 3.08. The molecule has 20 heavy (non-hydrogen) atoms. The summed E-state index contributed by atoms with van der Waals surface area (Å²) in [5, 5.41) is 29.4. The molecule has 0 bridgehead atoms. The zero-order valence-electron chi connectivity index (χ0n) is 10.7. The minimum atomic E-state index is -1.83. The lowest BCUT2D eigenvalue weighted by atomic mass is 9.87. The van der Waals surface area contributed by atoms with Crippen LogP contribution in [0.4, 0.5) is 0 Å². The molecule has 0 aromatic heterocycles. The van der Waals surface area contributed by atoms with Gasteiger partial charge in [-0.2, -0.15) is 0 Å². The lowest BCUT2D eigenvalue weighted by Gasteiger charge is -2.23. The summed E-state index contributed by atoms with van der Waals surface area (Å²) in [5.41, 5.74) is -1.48. The Morgan fingerprint density at radius 3 is 2.35 bits per heavy atom. The molecule has 0 saturated carbocycles. The van der Waals surface area contributed by atoms with E-state index in [9.17, 15) is 20.1 Å². The molecule has 3 N–H and O–H groups in total. The van der Waals surface area contributed by atoms with E-state index in [-0.39, 0.29) is 21.9 Å². The Labute approximate surface area is 120 Å². The lowest BCUT2D eigenvalue weighted by molar-refractivity contribution is 0.0393. The summed E-state index contributed by atoms with van der Waals surface area (Å²) in [6.45, 7) is 1.33. The first-order valence-corrected chi connectivity index (χ1v) is 6.26. The third kappa shape index (κ3) is 2.48. The molecule has 0 radical (unpaired) electrons. The van der Waals surface area contributed by atoms with Crippen LogP contribution in [-0.4, -0.2) is 21.1 Å². The van der Waals surface area contributed by atoms with Gasteiger partial charge >= 0.3 is 0 Å². The van der Waals surface area contributed by atoms with E-state index < -0.39 is 17.1 Å². The van der Waals surface area contributed by atoms with E-state index in [0.29, 0.717) is 0 Å². The van der Waals surface area contributed by atoms with Crippen molar-refractivity contribution in [3.8, 4) is 11.5 Å². The molecular formula is C15H13ClO4. The minimum Gasteiger partial charge on any atom is -0.504 e. The number of phenols is 2. The number of aliphatic hydroxyl groups is 1. The molecule has 0 fully saturated rings. The molecule has 0 heterocycles. The summed E-state index contributed by atoms with van der Waals surface area (Å²) in [6.07, 6.45) is 0. The average Bonchev–Trinajstić information content (AvgIpc) is 2.41. The van der Waals surface area contributed by atoms with Crippen LogP contribution in [0.1, 0.15) is 22.8 Å². The summed E-state index contributed by atoms with van der Waals surface area (Å²) in [6, 6.07) is 10.1. The van der Waals surface area contributed by atoms with Crippen LogP contribution in [0, 0.1) is 0 Å². The second-order valence-electron chi connectivity index (χ2n) is 4.58. The van der Waals surface area contributed by atoms with Gasteiger partial charge in [0.2, 0.25) is 0 Å². The van der Waals surface area contributed by atoms with Crippen LogP contribution in [0.15, 0.2) is 42.5 Å². The molecule has 0 amide bonds. The van der Waals surface area contributed by atoms with Gasteiger partial charge < -0.3 is 15.3 Å². The summed E-state index contributed by atoms with van der Waals surface area (Å²) in [4.78, 5) is 12.4. The highest BCUT2D eigenvalue weighted by molar-refractivity contribution is 6.31. The Bertz CT molecular complexity index is 665. The molecule has 1 atom stereocenters. The predicted molar refractivity (Wildman–Crippen MR) is 75.1 cm³/mol. The maximum atomic E-state index is 12.4. The summed E-state index contributed by atoms with van der Waals surface area (Å²) < 4.78 is 0. The lowest BCUT2D eigenvalue weighted by Crippen LogP contribution is -2.32. The second kappa shape index (κ2) is 5.15. The van der Waals surface area contributed by atoms with E-state index >= 15 is 0 Å². The van der Waals surface area contributed by atoms with Crippen LogP contribution in [0.5, 0.6) is 11.5 Å². The number of hydrogen-bond donors (Lipinski definition) is 3. The van der Waals surface area contributed by atoms with E-state index in [1.807, 2.05) is 0 Å². The Kier molecular flexibility index (Phi) is 3.70. The van der Waals surface area contributed by atoms with Crippen LogP contribution in [0.25, 0.3) is 0 Å². The molecule has 0 spiro atoms. The first-order valence-electron chi connectivity index (χ1n) is 5.88. The number of carbonyl (C=O) groups excluding carboxylic acids is 1. The Morgan fingerprint density at radius 1 is 1.10 bits per heavy atom. The second-order valence-corrected chi connectivity index (χ2v) is 4.99. The summed E-state index contributed by atoms with van der Waals surface area (Å²) >= 11 is 6.00. The number of Topliss-reactive ketones (excluding diaryl/α,β-unsaturated/α-hetero) is 1. The fraction of sp³-hybridized carbons (Fsp3) is 0.133. The van der Waals surface area contributed by atoms with Gasteiger partial charge in [-0.05, 0) is 31.2 Å². The Morgan fingerprint density at radius 2 is 1.75 bits per heavy atom. The molecular weight excluding hydrogens is 280 g/mol. The number of rotatable bonds is 3. The van der Waals surface area contributed by atoms with Gasteiger partial charge in [-0.25, -0.2) is 0 Å². The Hall–Kier alpha value is -2.04. The number of halogens is 1. The molecule has 1 unspecified atom stereocenters. The van der Waals surface area contributed by atoms with E-state index in [4.69, 9.17) is 11.6 Å². The highest BCUT2D eigenvalue weighted by Gasteiger charge is 2.35. The number of hydrogen-bond acceptors (Lipinski definition) is 4. The zero-order valence-corrected chi connectivity index (χ0v) is 11.4. The van der Waals surface area contributed by atoms with Gasteiger partial charge in [-0.3, -0.25) is 4.79 Å². The third-order valence-corrected chi connectivity index (χ3v) is 3.41. The van der Waals surface area contributed by atoms with Crippen LogP contribution < -0.4 is 0 Å². The van der Waals surface area contributed by atoms with Gasteiger partial charge in [0.15, 0.2) is 22.9 Å². The molecule has 0 aliphatic rings. The molecule has 0 aliphatic carbocycles. The number of aromatic hydroxyl groups is 2. The predicted octanol–water partition coefficient (Wildman–Crippen LogP) is 2.84. The van der Waals surface area contributed by atoms with Crippen molar-refractivity contribution in [1.82, 2.24) is 0 Å². The van der Waals surface area contributed by atoms with Gasteiger partial charge in [0.05, 0.1) is 0 Å². The van der Waals surface area contributed by atoms with Gasteiger partial charge in [0.25, 0.3) is 0 Å². The molecule has 104 valence electrons. The van der Waals surface area contributed by atoms with E-state index in [1.54, 1.807) is 24.3 Å². The number of carbonyl (C=O) groups is 1. The monoisotopic (exact) mass is 292 g/mol. The molecule has 2 aromatic rings. The largest absolute Gasteiger partial charge is 0.504 e. The number of ketones is 1. The van der Waals surface area contributed by atoms with Crippen molar-refractivity contribution in [1.29, 1.82) is 0 Å².